The topological polar surface area (TPSA) is 176 Å². The van der Waals surface area contributed by atoms with Gasteiger partial charge in [-0.3, -0.25) is 4.79 Å². The summed E-state index contributed by atoms with van der Waals surface area (Å²) in [4.78, 5) is 41.7. The smallest absolute Gasteiger partial charge is 0.407 e. The summed E-state index contributed by atoms with van der Waals surface area (Å²) in [5.74, 6) is -0.0250. The van der Waals surface area contributed by atoms with Gasteiger partial charge in [0.25, 0.3) is 0 Å². The number of rotatable bonds is 11. The molecule has 0 saturated carbocycles. The first-order valence-corrected chi connectivity index (χ1v) is 13.2. The Kier molecular flexibility index (Phi) is 10.3. The molecular formula is C29H37N5O7. The van der Waals surface area contributed by atoms with Crippen LogP contribution < -0.4 is 16.0 Å². The second-order valence-corrected chi connectivity index (χ2v) is 10.8. The van der Waals surface area contributed by atoms with Crippen molar-refractivity contribution in [3.05, 3.63) is 76.4 Å². The first kappa shape index (κ1) is 30.9. The predicted octanol–water partition coefficient (Wildman–Crippen LogP) is 3.93. The van der Waals surface area contributed by atoms with Crippen molar-refractivity contribution in [2.24, 2.45) is 0 Å². The highest BCUT2D eigenvalue weighted by atomic mass is 16.6. The third kappa shape index (κ3) is 9.82. The number of ether oxygens (including phenoxy) is 1. The molecule has 0 radical (unpaired) electrons. The molecule has 0 spiro atoms. The van der Waals surface area contributed by atoms with Gasteiger partial charge in [0.2, 0.25) is 11.8 Å². The fourth-order valence-corrected chi connectivity index (χ4v) is 4.28. The number of carboxylic acid groups (broad SMARTS) is 1. The van der Waals surface area contributed by atoms with E-state index in [2.05, 4.69) is 26.1 Å². The van der Waals surface area contributed by atoms with Gasteiger partial charge in [0.15, 0.2) is 5.82 Å². The Bertz CT molecular complexity index is 1330. The van der Waals surface area contributed by atoms with E-state index >= 15 is 0 Å². The molecule has 3 aromatic rings. The van der Waals surface area contributed by atoms with Crippen LogP contribution in [0, 0.1) is 13.8 Å². The summed E-state index contributed by atoms with van der Waals surface area (Å²) in [6.45, 7) is 8.88. The monoisotopic (exact) mass is 567 g/mol. The quantitative estimate of drug-likeness (QED) is 0.230. The summed E-state index contributed by atoms with van der Waals surface area (Å²) in [6.07, 6.45) is -1.38. The Hall–Kier alpha value is -4.61. The maximum absolute atomic E-state index is 13.5. The highest BCUT2D eigenvalue weighted by Gasteiger charge is 2.28. The molecule has 41 heavy (non-hydrogen) atoms. The lowest BCUT2D eigenvalue weighted by Crippen LogP contribution is -2.49. The van der Waals surface area contributed by atoms with Gasteiger partial charge in [-0.2, -0.15) is 4.98 Å². The number of nitrogens with one attached hydrogen (secondary N) is 3. The van der Waals surface area contributed by atoms with Gasteiger partial charge in [0.1, 0.15) is 23.4 Å². The normalized spacial score (nSPS) is 12.7. The highest BCUT2D eigenvalue weighted by Crippen LogP contribution is 2.23. The van der Waals surface area contributed by atoms with Crippen molar-refractivity contribution < 1.29 is 33.9 Å². The van der Waals surface area contributed by atoms with Crippen LogP contribution in [0.1, 0.15) is 67.2 Å². The van der Waals surface area contributed by atoms with Crippen molar-refractivity contribution in [3.63, 3.8) is 0 Å². The Morgan fingerprint density at radius 2 is 1.71 bits per heavy atom. The molecule has 0 aliphatic heterocycles. The molecule has 0 unspecified atom stereocenters. The van der Waals surface area contributed by atoms with Crippen molar-refractivity contribution in [2.75, 3.05) is 6.54 Å². The highest BCUT2D eigenvalue weighted by molar-refractivity contribution is 5.86. The maximum atomic E-state index is 13.5. The molecule has 3 rings (SSSR count). The number of nitrogens with zero attached hydrogens (tertiary/aromatic N) is 2. The summed E-state index contributed by atoms with van der Waals surface area (Å²) < 4.78 is 10.8. The molecule has 1 aromatic heterocycles. The fraction of sp³-hybridized carbons (Fsp3) is 0.414. The van der Waals surface area contributed by atoms with Gasteiger partial charge < -0.3 is 35.4 Å². The van der Waals surface area contributed by atoms with Crippen LogP contribution in [-0.4, -0.2) is 56.6 Å². The molecule has 3 amide bonds. The molecule has 2 atom stereocenters. The summed E-state index contributed by atoms with van der Waals surface area (Å²) in [6, 6.07) is 10.6. The molecule has 5 N–H and O–H groups in total. The summed E-state index contributed by atoms with van der Waals surface area (Å²) >= 11 is 0. The molecule has 0 saturated heterocycles. The predicted molar refractivity (Wildman–Crippen MR) is 150 cm³/mol. The van der Waals surface area contributed by atoms with E-state index in [0.29, 0.717) is 23.4 Å². The largest absolute Gasteiger partial charge is 0.508 e. The first-order valence-electron chi connectivity index (χ1n) is 13.2. The Morgan fingerprint density at radius 1 is 1.05 bits per heavy atom. The zero-order valence-electron chi connectivity index (χ0n) is 23.9. The number of aryl methyl sites for hydroxylation is 2. The number of benzene rings is 2. The van der Waals surface area contributed by atoms with Crippen LogP contribution in [0.2, 0.25) is 0 Å². The SMILES string of the molecule is Cc1cc(O)cc(C)c1C[C@H](NC(=O)O)C(=O)N[C@@H](CCNC(=O)OC(C)(C)C)c1nc(Cc2ccccc2)no1. The van der Waals surface area contributed by atoms with Crippen molar-refractivity contribution in [2.45, 2.75) is 71.6 Å². The van der Waals surface area contributed by atoms with Gasteiger partial charge in [-0.15, -0.1) is 0 Å². The van der Waals surface area contributed by atoms with Crippen molar-refractivity contribution in [1.29, 1.82) is 0 Å². The number of carbonyl (C=O) groups is 3. The van der Waals surface area contributed by atoms with Crippen molar-refractivity contribution in [1.82, 2.24) is 26.1 Å². The maximum Gasteiger partial charge on any atom is 0.407 e. The molecule has 0 bridgehead atoms. The third-order valence-corrected chi connectivity index (χ3v) is 6.11. The Labute approximate surface area is 238 Å². The minimum Gasteiger partial charge on any atom is -0.508 e. The van der Waals surface area contributed by atoms with Crippen LogP contribution in [0.4, 0.5) is 9.59 Å². The number of aromatic hydroxyl groups is 1. The zero-order valence-corrected chi connectivity index (χ0v) is 23.9. The van der Waals surface area contributed by atoms with Crippen LogP contribution in [0.15, 0.2) is 47.0 Å². The molecule has 0 aliphatic rings. The number of hydrogen-bond acceptors (Lipinski definition) is 8. The van der Waals surface area contributed by atoms with E-state index in [1.54, 1.807) is 46.8 Å². The average Bonchev–Trinajstić information content (AvgIpc) is 3.32. The van der Waals surface area contributed by atoms with E-state index in [1.807, 2.05) is 30.3 Å². The van der Waals surface area contributed by atoms with Gasteiger partial charge in [-0.25, -0.2) is 9.59 Å². The minimum atomic E-state index is -1.37. The van der Waals surface area contributed by atoms with Crippen LogP contribution in [-0.2, 0) is 22.4 Å². The Balaban J connectivity index is 1.81. The summed E-state index contributed by atoms with van der Waals surface area (Å²) in [5, 5.41) is 31.1. The fourth-order valence-electron chi connectivity index (χ4n) is 4.28. The third-order valence-electron chi connectivity index (χ3n) is 6.11. The standard InChI is InChI=1S/C29H37N5O7/c1-17-13-20(35)14-18(2)21(17)16-23(32-27(37)38)25(36)31-22(11-12-30-28(39)40-29(3,4)5)26-33-24(34-41-26)15-19-9-7-6-8-10-19/h6-10,13-14,22-23,32,35H,11-12,15-16H2,1-5H3,(H,30,39)(H,31,36)(H,37,38)/t22-,23-/m0/s1. The van der Waals surface area contributed by atoms with Gasteiger partial charge in [0, 0.05) is 19.4 Å². The molecule has 220 valence electrons. The molecular weight excluding hydrogens is 530 g/mol. The molecule has 2 aromatic carbocycles. The second-order valence-electron chi connectivity index (χ2n) is 10.8. The van der Waals surface area contributed by atoms with E-state index < -0.39 is 35.8 Å². The number of aromatic nitrogens is 2. The lowest BCUT2D eigenvalue weighted by Gasteiger charge is -2.23. The molecule has 12 nitrogen and oxygen atoms in total. The number of phenols is 1. The number of amides is 3. The lowest BCUT2D eigenvalue weighted by atomic mass is 9.95. The summed E-state index contributed by atoms with van der Waals surface area (Å²) in [5.41, 5.74) is 2.44. The molecule has 0 aliphatic carbocycles. The van der Waals surface area contributed by atoms with Crippen LogP contribution in [0.3, 0.4) is 0 Å². The molecule has 0 fully saturated rings. The zero-order chi connectivity index (χ0) is 30.2. The number of alkyl carbamates (subject to hydrolysis) is 1. The van der Waals surface area contributed by atoms with Crippen molar-refractivity contribution in [3.8, 4) is 5.75 Å². The molecule has 1 heterocycles. The molecule has 12 heteroatoms. The average molecular weight is 568 g/mol. The minimum absolute atomic E-state index is 0.0437. The number of carbonyl (C=O) groups excluding carboxylic acids is 2. The second kappa shape index (κ2) is 13.6. The first-order chi connectivity index (χ1) is 19.3. The summed E-state index contributed by atoms with van der Waals surface area (Å²) in [7, 11) is 0. The number of hydrogen-bond donors (Lipinski definition) is 5. The van der Waals surface area contributed by atoms with Gasteiger partial charge in [0.05, 0.1) is 0 Å². The van der Waals surface area contributed by atoms with E-state index in [4.69, 9.17) is 9.26 Å². The van der Waals surface area contributed by atoms with E-state index in [9.17, 15) is 24.6 Å². The van der Waals surface area contributed by atoms with Gasteiger partial charge in [-0.1, -0.05) is 35.5 Å². The van der Waals surface area contributed by atoms with Gasteiger partial charge >= 0.3 is 12.2 Å². The van der Waals surface area contributed by atoms with E-state index in [1.165, 1.54) is 0 Å². The van der Waals surface area contributed by atoms with E-state index in [0.717, 1.165) is 11.1 Å². The van der Waals surface area contributed by atoms with Gasteiger partial charge in [-0.05, 0) is 75.4 Å². The van der Waals surface area contributed by atoms with Crippen LogP contribution in [0.25, 0.3) is 0 Å². The number of phenolic OH excluding ortho intramolecular Hbond substituents is 1. The van der Waals surface area contributed by atoms with Crippen LogP contribution >= 0.6 is 0 Å². The van der Waals surface area contributed by atoms with Crippen molar-refractivity contribution >= 4 is 18.1 Å². The Morgan fingerprint density at radius 3 is 2.32 bits per heavy atom. The van der Waals surface area contributed by atoms with E-state index in [-0.39, 0.29) is 31.0 Å². The van der Waals surface area contributed by atoms with Crippen LogP contribution in [0.5, 0.6) is 5.75 Å². The lowest BCUT2D eigenvalue weighted by molar-refractivity contribution is -0.124.